The molecule has 0 radical (unpaired) electrons. The minimum absolute atomic E-state index is 0.0833. The van der Waals surface area contributed by atoms with Crippen molar-refractivity contribution in [3.8, 4) is 0 Å². The summed E-state index contributed by atoms with van der Waals surface area (Å²) in [4.78, 5) is 38.5. The number of nitrogens with zero attached hydrogens (tertiary/aromatic N) is 1. The van der Waals surface area contributed by atoms with E-state index in [-0.39, 0.29) is 31.0 Å². The number of allylic oxidation sites excluding steroid dienone is 1. The van der Waals surface area contributed by atoms with Crippen LogP contribution in [0.2, 0.25) is 0 Å². The van der Waals surface area contributed by atoms with E-state index in [1.54, 1.807) is 17.0 Å². The molecule has 2 atom stereocenters. The normalized spacial score (nSPS) is 16.7. The number of carbonyl (C=O) groups is 3. The summed E-state index contributed by atoms with van der Waals surface area (Å²) in [7, 11) is 0. The van der Waals surface area contributed by atoms with E-state index in [4.69, 9.17) is 9.84 Å². The summed E-state index contributed by atoms with van der Waals surface area (Å²) in [6.45, 7) is 2.16. The Balaban J connectivity index is 1.45. The monoisotopic (exact) mass is 498 g/mol. The Morgan fingerprint density at radius 3 is 2.43 bits per heavy atom. The Labute approximate surface area is 216 Å². The molecule has 0 aromatic heterocycles. The van der Waals surface area contributed by atoms with Crippen molar-refractivity contribution in [1.82, 2.24) is 5.32 Å². The van der Waals surface area contributed by atoms with Crippen molar-refractivity contribution in [3.05, 3.63) is 107 Å². The minimum Gasteiger partial charge on any atom is -0.481 e. The lowest BCUT2D eigenvalue weighted by atomic mass is 9.91. The summed E-state index contributed by atoms with van der Waals surface area (Å²) >= 11 is 0. The molecule has 0 saturated carbocycles. The Kier molecular flexibility index (Phi) is 8.36. The lowest BCUT2D eigenvalue weighted by Crippen LogP contribution is -2.46. The van der Waals surface area contributed by atoms with Gasteiger partial charge in [0.1, 0.15) is 6.61 Å². The van der Waals surface area contributed by atoms with Crippen LogP contribution in [0.25, 0.3) is 6.08 Å². The standard InChI is InChI=1S/C30H30N2O5/c1-21-19-26(31-30(36)37-20-23-10-3-2-4-11-23)25-12-6-7-13-27(25)32(21)29(35)24-17-15-22(16-18-24)9-5-8-14-28(33)34/h2-7,9-13,15-18,21,26H,8,14,19-20H2,1H3,(H,31,36)(H,33,34)/b9-5+/t21-,26+/m0/s1. The summed E-state index contributed by atoms with van der Waals surface area (Å²) in [5.41, 5.74) is 3.99. The van der Waals surface area contributed by atoms with Gasteiger partial charge in [-0.1, -0.05) is 72.8 Å². The molecule has 7 nitrogen and oxygen atoms in total. The van der Waals surface area contributed by atoms with E-state index in [0.29, 0.717) is 18.4 Å². The fourth-order valence-electron chi connectivity index (χ4n) is 4.47. The molecule has 1 aliphatic heterocycles. The van der Waals surface area contributed by atoms with Gasteiger partial charge in [-0.3, -0.25) is 9.59 Å². The highest BCUT2D eigenvalue weighted by Gasteiger charge is 2.35. The van der Waals surface area contributed by atoms with Crippen LogP contribution in [0.1, 0.15) is 59.3 Å². The van der Waals surface area contributed by atoms with Crippen LogP contribution in [-0.4, -0.2) is 29.1 Å². The molecule has 190 valence electrons. The molecule has 0 fully saturated rings. The van der Waals surface area contributed by atoms with Crippen LogP contribution in [-0.2, 0) is 16.1 Å². The number of rotatable bonds is 8. The van der Waals surface area contributed by atoms with Crippen LogP contribution < -0.4 is 10.2 Å². The van der Waals surface area contributed by atoms with Gasteiger partial charge in [0.05, 0.1) is 6.04 Å². The van der Waals surface area contributed by atoms with Crippen LogP contribution in [0.15, 0.2) is 84.9 Å². The minimum atomic E-state index is -0.831. The Bertz CT molecular complexity index is 1270. The van der Waals surface area contributed by atoms with E-state index in [1.807, 2.05) is 85.8 Å². The Morgan fingerprint density at radius 2 is 1.70 bits per heavy atom. The van der Waals surface area contributed by atoms with Crippen molar-refractivity contribution in [2.75, 3.05) is 4.90 Å². The van der Waals surface area contributed by atoms with Crippen molar-refractivity contribution in [2.24, 2.45) is 0 Å². The maximum Gasteiger partial charge on any atom is 0.407 e. The van der Waals surface area contributed by atoms with Gasteiger partial charge in [-0.25, -0.2) is 4.79 Å². The molecular formula is C30H30N2O5. The lowest BCUT2D eigenvalue weighted by molar-refractivity contribution is -0.136. The molecule has 4 rings (SSSR count). The fraction of sp³-hybridized carbons (Fsp3) is 0.233. The first-order chi connectivity index (χ1) is 17.9. The van der Waals surface area contributed by atoms with Crippen LogP contribution in [0.4, 0.5) is 10.5 Å². The largest absolute Gasteiger partial charge is 0.481 e. The number of hydrogen-bond donors (Lipinski definition) is 2. The fourth-order valence-corrected chi connectivity index (χ4v) is 4.47. The topological polar surface area (TPSA) is 95.9 Å². The molecular weight excluding hydrogens is 468 g/mol. The summed E-state index contributed by atoms with van der Waals surface area (Å²) in [5, 5.41) is 11.7. The van der Waals surface area contributed by atoms with Gasteiger partial charge in [-0.2, -0.15) is 0 Å². The molecule has 0 bridgehead atoms. The third-order valence-corrected chi connectivity index (χ3v) is 6.31. The molecule has 0 aliphatic carbocycles. The van der Waals surface area contributed by atoms with E-state index in [2.05, 4.69) is 5.32 Å². The van der Waals surface area contributed by atoms with E-state index < -0.39 is 12.1 Å². The highest BCUT2D eigenvalue weighted by Crippen LogP contribution is 2.38. The molecule has 0 saturated heterocycles. The summed E-state index contributed by atoms with van der Waals surface area (Å²) in [6.07, 6.45) is 4.25. The number of carboxylic acid groups (broad SMARTS) is 1. The van der Waals surface area contributed by atoms with Crippen LogP contribution in [0, 0.1) is 0 Å². The predicted molar refractivity (Wildman–Crippen MR) is 142 cm³/mol. The average molecular weight is 499 g/mol. The van der Waals surface area contributed by atoms with Gasteiger partial charge in [-0.15, -0.1) is 0 Å². The maximum atomic E-state index is 13.5. The van der Waals surface area contributed by atoms with E-state index in [9.17, 15) is 14.4 Å². The molecule has 0 unspecified atom stereocenters. The number of aliphatic carboxylic acids is 1. The second kappa shape index (κ2) is 12.0. The molecule has 0 spiro atoms. The molecule has 3 aromatic rings. The number of benzene rings is 3. The number of nitrogens with one attached hydrogen (secondary N) is 1. The first-order valence-corrected chi connectivity index (χ1v) is 12.3. The van der Waals surface area contributed by atoms with Gasteiger partial charge in [-0.05, 0) is 54.7 Å². The van der Waals surface area contributed by atoms with E-state index in [1.165, 1.54) is 0 Å². The van der Waals surface area contributed by atoms with Crippen molar-refractivity contribution in [1.29, 1.82) is 0 Å². The highest BCUT2D eigenvalue weighted by molar-refractivity contribution is 6.07. The SMILES string of the molecule is C[C@H]1C[C@@H](NC(=O)OCc2ccccc2)c2ccccc2N1C(=O)c1ccc(/C=C/CCC(=O)O)cc1. The number of carboxylic acids is 1. The Morgan fingerprint density at radius 1 is 1.00 bits per heavy atom. The van der Waals surface area contributed by atoms with Gasteiger partial charge >= 0.3 is 12.1 Å². The highest BCUT2D eigenvalue weighted by atomic mass is 16.5. The smallest absolute Gasteiger partial charge is 0.407 e. The molecule has 2 N–H and O–H groups in total. The molecule has 1 heterocycles. The number of para-hydroxylation sites is 1. The predicted octanol–water partition coefficient (Wildman–Crippen LogP) is 5.97. The van der Waals surface area contributed by atoms with Crippen molar-refractivity contribution in [3.63, 3.8) is 0 Å². The molecule has 2 amide bonds. The Hall–Kier alpha value is -4.39. The number of fused-ring (bicyclic) bond motifs is 1. The number of carbonyl (C=O) groups excluding carboxylic acids is 2. The van der Waals surface area contributed by atoms with Crippen molar-refractivity contribution >= 4 is 29.7 Å². The number of amides is 2. The lowest BCUT2D eigenvalue weighted by Gasteiger charge is -2.39. The second-order valence-corrected chi connectivity index (χ2v) is 9.03. The molecule has 1 aliphatic rings. The number of alkyl carbamates (subject to hydrolysis) is 1. The first-order valence-electron chi connectivity index (χ1n) is 12.3. The third-order valence-electron chi connectivity index (χ3n) is 6.31. The quantitative estimate of drug-likeness (QED) is 0.399. The number of hydrogen-bond acceptors (Lipinski definition) is 4. The van der Waals surface area contributed by atoms with Crippen molar-refractivity contribution in [2.45, 2.75) is 44.9 Å². The summed E-state index contributed by atoms with van der Waals surface area (Å²) in [6, 6.07) is 23.9. The first kappa shape index (κ1) is 25.7. The van der Waals surface area contributed by atoms with Gasteiger partial charge in [0.2, 0.25) is 0 Å². The van der Waals surface area contributed by atoms with Crippen LogP contribution in [0.5, 0.6) is 0 Å². The van der Waals surface area contributed by atoms with Gasteiger partial charge in [0.15, 0.2) is 0 Å². The number of anilines is 1. The zero-order chi connectivity index (χ0) is 26.2. The maximum absolute atomic E-state index is 13.5. The average Bonchev–Trinajstić information content (AvgIpc) is 2.90. The zero-order valence-electron chi connectivity index (χ0n) is 20.7. The van der Waals surface area contributed by atoms with Crippen molar-refractivity contribution < 1.29 is 24.2 Å². The third kappa shape index (κ3) is 6.64. The summed E-state index contributed by atoms with van der Waals surface area (Å²) < 4.78 is 5.42. The summed E-state index contributed by atoms with van der Waals surface area (Å²) in [5.74, 6) is -0.950. The van der Waals surface area contributed by atoms with Gasteiger partial charge < -0.3 is 20.1 Å². The van der Waals surface area contributed by atoms with E-state index in [0.717, 1.165) is 22.4 Å². The molecule has 7 heteroatoms. The van der Waals surface area contributed by atoms with E-state index >= 15 is 0 Å². The van der Waals surface area contributed by atoms with Crippen LogP contribution >= 0.6 is 0 Å². The number of ether oxygens (including phenoxy) is 1. The zero-order valence-corrected chi connectivity index (χ0v) is 20.7. The van der Waals surface area contributed by atoms with Gasteiger partial charge in [0, 0.05) is 23.7 Å². The van der Waals surface area contributed by atoms with Crippen LogP contribution in [0.3, 0.4) is 0 Å². The van der Waals surface area contributed by atoms with Gasteiger partial charge in [0.25, 0.3) is 5.91 Å². The molecule has 3 aromatic carbocycles. The second-order valence-electron chi connectivity index (χ2n) is 9.03. The molecule has 37 heavy (non-hydrogen) atoms.